The van der Waals surface area contributed by atoms with Crippen LogP contribution in [-0.4, -0.2) is 40.9 Å². The minimum absolute atomic E-state index is 0.0396. The Morgan fingerprint density at radius 1 is 0.688 bits per heavy atom. The fraction of sp³-hybridized carbons (Fsp3) is 0.174. The summed E-state index contributed by atoms with van der Waals surface area (Å²) < 4.78 is 0.202. The molecule has 0 spiro atoms. The van der Waals surface area contributed by atoms with Crippen LogP contribution in [0.1, 0.15) is 31.8 Å². The van der Waals surface area contributed by atoms with E-state index >= 15 is 0 Å². The van der Waals surface area contributed by atoms with E-state index in [1.165, 1.54) is 0 Å². The van der Waals surface area contributed by atoms with E-state index in [9.17, 15) is 24.0 Å². The summed E-state index contributed by atoms with van der Waals surface area (Å²) in [7, 11) is 0. The number of aryl methyl sites for hydroxylation is 2. The highest BCUT2D eigenvalue weighted by Crippen LogP contribution is 2.34. The molecule has 1 aliphatic heterocycles. The molecule has 1 fully saturated rings. The topological polar surface area (TPSA) is 109 Å². The van der Waals surface area contributed by atoms with Gasteiger partial charge in [0.2, 0.25) is 0 Å². The molecule has 0 bridgehead atoms. The summed E-state index contributed by atoms with van der Waals surface area (Å²) in [6, 6.07) is 13.2. The lowest BCUT2D eigenvalue weighted by molar-refractivity contribution is -0.124. The van der Waals surface area contributed by atoms with Gasteiger partial charge in [-0.3, -0.25) is 29.8 Å². The highest BCUT2D eigenvalue weighted by Gasteiger charge is 2.32. The van der Waals surface area contributed by atoms with Crippen LogP contribution < -0.4 is 10.6 Å². The predicted octanol–water partition coefficient (Wildman–Crippen LogP) is 3.41. The molecule has 3 rings (SSSR count). The minimum Gasteiger partial charge on any atom is -0.293 e. The lowest BCUT2D eigenvalue weighted by atomic mass is 10.1. The zero-order valence-electron chi connectivity index (χ0n) is 17.4. The van der Waals surface area contributed by atoms with Gasteiger partial charge in [-0.1, -0.05) is 59.7 Å². The first-order valence-corrected chi connectivity index (χ1v) is 11.6. The van der Waals surface area contributed by atoms with Crippen LogP contribution in [0, 0.1) is 13.8 Å². The average molecular weight is 469 g/mol. The summed E-state index contributed by atoms with van der Waals surface area (Å²) in [5.74, 6) is -2.18. The van der Waals surface area contributed by atoms with Crippen molar-refractivity contribution in [3.05, 3.63) is 80.6 Å². The number of thioether (sulfide) groups is 2. The number of hydrogen-bond donors (Lipinski definition) is 2. The maximum atomic E-state index is 12.6. The lowest BCUT2D eigenvalue weighted by Gasteiger charge is -2.17. The van der Waals surface area contributed by atoms with Gasteiger partial charge in [-0.05, 0) is 13.8 Å². The van der Waals surface area contributed by atoms with Gasteiger partial charge in [-0.15, -0.1) is 23.5 Å². The summed E-state index contributed by atoms with van der Waals surface area (Å²) >= 11 is 1.98. The van der Waals surface area contributed by atoms with Crippen molar-refractivity contribution < 1.29 is 24.0 Å². The van der Waals surface area contributed by atoms with E-state index in [0.29, 0.717) is 11.1 Å². The monoisotopic (exact) mass is 468 g/mol. The van der Waals surface area contributed by atoms with Gasteiger partial charge < -0.3 is 0 Å². The summed E-state index contributed by atoms with van der Waals surface area (Å²) in [4.78, 5) is 61.2. The fourth-order valence-corrected chi connectivity index (χ4v) is 4.95. The molecule has 2 aromatic carbocycles. The third-order valence-corrected chi connectivity index (χ3v) is 6.98. The zero-order valence-corrected chi connectivity index (χ0v) is 19.0. The van der Waals surface area contributed by atoms with Crippen LogP contribution in [0.5, 0.6) is 0 Å². The van der Waals surface area contributed by atoms with Crippen molar-refractivity contribution in [2.45, 2.75) is 13.8 Å². The van der Waals surface area contributed by atoms with Gasteiger partial charge in [0.15, 0.2) is 11.6 Å². The molecule has 4 amide bonds. The number of carbonyl (C=O) groups is 5. The van der Waals surface area contributed by atoms with Crippen LogP contribution in [0.15, 0.2) is 58.3 Å². The number of imide groups is 2. The Morgan fingerprint density at radius 2 is 1.06 bits per heavy atom. The van der Waals surface area contributed by atoms with Crippen molar-refractivity contribution in [3.8, 4) is 0 Å². The Labute approximate surface area is 193 Å². The molecular formula is C23H20N2O5S2. The van der Waals surface area contributed by atoms with Crippen molar-refractivity contribution in [1.82, 2.24) is 10.6 Å². The number of hydrogen-bond acceptors (Lipinski definition) is 7. The van der Waals surface area contributed by atoms with E-state index in [-0.39, 0.29) is 32.9 Å². The molecule has 0 radical (unpaired) electrons. The van der Waals surface area contributed by atoms with Crippen molar-refractivity contribution in [1.29, 1.82) is 0 Å². The summed E-state index contributed by atoms with van der Waals surface area (Å²) in [6.45, 7) is 3.82. The normalized spacial score (nSPS) is 13.4. The first-order valence-electron chi connectivity index (χ1n) is 9.61. The van der Waals surface area contributed by atoms with E-state index in [2.05, 4.69) is 0 Å². The van der Waals surface area contributed by atoms with E-state index in [1.807, 2.05) is 48.7 Å². The number of carbonyl (C=O) groups excluding carboxylic acids is 5. The molecule has 0 aliphatic carbocycles. The van der Waals surface area contributed by atoms with Gasteiger partial charge in [0, 0.05) is 11.1 Å². The van der Waals surface area contributed by atoms with Gasteiger partial charge in [0.25, 0.3) is 11.8 Å². The van der Waals surface area contributed by atoms with E-state index in [0.717, 1.165) is 34.7 Å². The number of nitrogens with one attached hydrogen (secondary N) is 2. The second-order valence-corrected chi connectivity index (χ2v) is 9.29. The lowest BCUT2D eigenvalue weighted by Crippen LogP contribution is -2.51. The Morgan fingerprint density at radius 3 is 1.44 bits per heavy atom. The van der Waals surface area contributed by atoms with Gasteiger partial charge in [-0.2, -0.15) is 0 Å². The van der Waals surface area contributed by atoms with Crippen molar-refractivity contribution in [2.24, 2.45) is 0 Å². The molecule has 1 saturated heterocycles. The molecule has 0 saturated carbocycles. The number of ketones is 2. The summed E-state index contributed by atoms with van der Waals surface area (Å²) in [5.41, 5.74) is 2.75. The molecule has 0 unspecified atom stereocenters. The average Bonchev–Trinajstić information content (AvgIpc) is 2.75. The molecule has 7 nitrogen and oxygen atoms in total. The number of benzene rings is 2. The van der Waals surface area contributed by atoms with Crippen LogP contribution >= 0.6 is 23.5 Å². The number of rotatable bonds is 8. The first kappa shape index (κ1) is 23.5. The standard InChI is InChI=1S/C23H20N2O5S2/c1-13-3-7-15(8-4-13)17(26)11-31-22(19-20(28)24-23(30)25-21(19)29)32-12-18(27)16-9-5-14(2)6-10-16/h3-10H,11-12H2,1-2H3,(H2,24,25,28,29,30). The Kier molecular flexibility index (Phi) is 7.66. The molecule has 2 N–H and O–H groups in total. The van der Waals surface area contributed by atoms with Crippen LogP contribution in [-0.2, 0) is 9.59 Å². The number of urea groups is 1. The zero-order chi connectivity index (χ0) is 23.3. The highest BCUT2D eigenvalue weighted by molar-refractivity contribution is 8.22. The molecule has 1 heterocycles. The molecule has 32 heavy (non-hydrogen) atoms. The molecule has 9 heteroatoms. The minimum atomic E-state index is -0.912. The Balaban J connectivity index is 1.79. The third kappa shape index (κ3) is 5.95. The third-order valence-electron chi connectivity index (χ3n) is 4.53. The van der Waals surface area contributed by atoms with Crippen LogP contribution in [0.25, 0.3) is 0 Å². The second-order valence-electron chi connectivity index (χ2n) is 7.06. The van der Waals surface area contributed by atoms with Crippen molar-refractivity contribution >= 4 is 52.9 Å². The van der Waals surface area contributed by atoms with E-state index in [4.69, 9.17) is 0 Å². The predicted molar refractivity (Wildman–Crippen MR) is 125 cm³/mol. The largest absolute Gasteiger partial charge is 0.328 e. The molecule has 2 aromatic rings. The van der Waals surface area contributed by atoms with Crippen molar-refractivity contribution in [2.75, 3.05) is 11.5 Å². The van der Waals surface area contributed by atoms with Crippen LogP contribution in [0.3, 0.4) is 0 Å². The summed E-state index contributed by atoms with van der Waals surface area (Å²) in [5, 5.41) is 4.05. The fourth-order valence-electron chi connectivity index (χ4n) is 2.74. The highest BCUT2D eigenvalue weighted by atomic mass is 32.2. The number of barbiturate groups is 1. The molecular weight excluding hydrogens is 448 g/mol. The quantitative estimate of drug-likeness (QED) is 0.347. The summed E-state index contributed by atoms with van der Waals surface area (Å²) in [6.07, 6.45) is 0. The smallest absolute Gasteiger partial charge is 0.293 e. The van der Waals surface area contributed by atoms with Gasteiger partial charge >= 0.3 is 6.03 Å². The number of amides is 4. The first-order chi connectivity index (χ1) is 15.2. The SMILES string of the molecule is Cc1ccc(C(=O)CSC(SCC(=O)c2ccc(C)cc2)=C2C(=O)NC(=O)NC2=O)cc1. The van der Waals surface area contributed by atoms with E-state index in [1.54, 1.807) is 24.3 Å². The maximum Gasteiger partial charge on any atom is 0.328 e. The molecule has 1 aliphatic rings. The van der Waals surface area contributed by atoms with Gasteiger partial charge in [0.1, 0.15) is 5.57 Å². The van der Waals surface area contributed by atoms with E-state index < -0.39 is 17.8 Å². The number of Topliss-reactive ketones (excluding diaryl/α,β-unsaturated/α-hetero) is 2. The maximum absolute atomic E-state index is 12.6. The Bertz CT molecular complexity index is 1040. The van der Waals surface area contributed by atoms with Crippen LogP contribution in [0.4, 0.5) is 4.79 Å². The van der Waals surface area contributed by atoms with Gasteiger partial charge in [-0.25, -0.2) is 4.79 Å². The molecule has 0 aromatic heterocycles. The molecule has 0 atom stereocenters. The molecule has 164 valence electrons. The second kappa shape index (κ2) is 10.4. The van der Waals surface area contributed by atoms with Gasteiger partial charge in [0.05, 0.1) is 15.7 Å². The van der Waals surface area contributed by atoms with Crippen molar-refractivity contribution in [3.63, 3.8) is 0 Å². The van der Waals surface area contributed by atoms with Crippen LogP contribution in [0.2, 0.25) is 0 Å². The Hall–Kier alpha value is -3.17.